The van der Waals surface area contributed by atoms with E-state index in [1.54, 1.807) is 12.1 Å². The van der Waals surface area contributed by atoms with Crippen LogP contribution < -0.4 is 5.32 Å². The quantitative estimate of drug-likeness (QED) is 0.0657. The highest BCUT2D eigenvalue weighted by Gasteiger charge is 2.32. The predicted molar refractivity (Wildman–Crippen MR) is 257 cm³/mol. The Balaban J connectivity index is 0.00000722. The molecule has 18 heteroatoms. The van der Waals surface area contributed by atoms with Gasteiger partial charge in [-0.3, -0.25) is 34.0 Å². The van der Waals surface area contributed by atoms with Crippen LogP contribution in [0.25, 0.3) is 34.2 Å². The van der Waals surface area contributed by atoms with E-state index in [1.165, 1.54) is 12.1 Å². The van der Waals surface area contributed by atoms with Gasteiger partial charge in [-0.05, 0) is 99.6 Å². The smallest absolute Gasteiger partial charge is 0.335 e. The van der Waals surface area contributed by atoms with E-state index in [0.29, 0.717) is 70.8 Å². The number of aryl methyl sites for hydroxylation is 1. The number of rotatable bonds is 14. The van der Waals surface area contributed by atoms with Crippen LogP contribution >= 0.6 is 0 Å². The van der Waals surface area contributed by atoms with Crippen LogP contribution in [-0.4, -0.2) is 98.9 Å². The lowest BCUT2D eigenvalue weighted by Gasteiger charge is -2.23. The summed E-state index contributed by atoms with van der Waals surface area (Å²) in [6.45, 7) is 3.77. The van der Waals surface area contributed by atoms with E-state index >= 15 is 0 Å². The Bertz CT molecular complexity index is 2930. The van der Waals surface area contributed by atoms with Crippen LogP contribution in [0.2, 0.25) is 0 Å². The standard InChI is InChI=1S/C51H50N10O8.CH4/c1-32-9-3-13-40(53-32)41-14-5-11-36(55-41)29-60-30-37-12-6-16-43(56-37)42-15-4-10-35(54-42)27-59(2)28-38-24-34(51(67)68)26-45(57-38)44-25-33(23-39(31-60)58-44)46(62)17-8-22-52-47(63)18-7-19-50(66)69-61-48(64)20-21-49(61)65;/h3-6,9-16,23-26H,7-8,17-22,27-31H2,1-2H3,(H,52,63)(H,67,68);1H4. The van der Waals surface area contributed by atoms with Crippen molar-refractivity contribution >= 4 is 35.4 Å². The van der Waals surface area contributed by atoms with Crippen molar-refractivity contribution in [1.82, 2.24) is 50.1 Å². The van der Waals surface area contributed by atoms with Gasteiger partial charge < -0.3 is 15.3 Å². The topological polar surface area (TPSA) is 231 Å². The molecule has 70 heavy (non-hydrogen) atoms. The number of ketones is 1. The third-order valence-electron chi connectivity index (χ3n) is 11.3. The van der Waals surface area contributed by atoms with Gasteiger partial charge in [0, 0.05) is 82.6 Å². The fraction of sp³-hybridized carbons (Fsp3) is 0.308. The number of carboxylic acids is 1. The van der Waals surface area contributed by atoms with Gasteiger partial charge >= 0.3 is 11.9 Å². The average molecular weight is 947 g/mol. The van der Waals surface area contributed by atoms with E-state index in [4.69, 9.17) is 29.8 Å². The maximum Gasteiger partial charge on any atom is 0.335 e. The molecule has 0 aliphatic carbocycles. The molecule has 6 aromatic rings. The minimum Gasteiger partial charge on any atom is -0.478 e. The summed E-state index contributed by atoms with van der Waals surface area (Å²) in [6.07, 6.45) is 0.280. The maximum absolute atomic E-state index is 14.1. The molecule has 6 aromatic heterocycles. The fourth-order valence-electron chi connectivity index (χ4n) is 8.07. The number of hydrogen-bond donors (Lipinski definition) is 2. The molecule has 8 rings (SSSR count). The van der Waals surface area contributed by atoms with Gasteiger partial charge in [-0.15, -0.1) is 5.06 Å². The molecule has 2 N–H and O–H groups in total. The molecule has 0 atom stereocenters. The second-order valence-electron chi connectivity index (χ2n) is 17.1. The normalized spacial score (nSPS) is 14.0. The molecular formula is C52H54N10O8. The summed E-state index contributed by atoms with van der Waals surface area (Å²) in [5.74, 6) is -3.65. The van der Waals surface area contributed by atoms with Gasteiger partial charge in [-0.25, -0.2) is 34.5 Å². The molecule has 0 saturated carbocycles. The number of nitrogens with zero attached hydrogens (tertiary/aromatic N) is 9. The summed E-state index contributed by atoms with van der Waals surface area (Å²) in [5, 5.41) is 13.5. The van der Waals surface area contributed by atoms with Gasteiger partial charge in [0.25, 0.3) is 11.8 Å². The molecule has 0 aromatic carbocycles. The molecule has 18 nitrogen and oxygen atoms in total. The molecule has 2 aliphatic heterocycles. The lowest BCUT2D eigenvalue weighted by atomic mass is 10.0. The molecule has 0 radical (unpaired) electrons. The summed E-state index contributed by atoms with van der Waals surface area (Å²) in [7, 11) is 1.90. The Kier molecular flexibility index (Phi) is 16.3. The first-order valence-electron chi connectivity index (χ1n) is 22.7. The van der Waals surface area contributed by atoms with E-state index in [-0.39, 0.29) is 88.5 Å². The number of imide groups is 1. The van der Waals surface area contributed by atoms with Gasteiger partial charge in [0.05, 0.1) is 68.2 Å². The van der Waals surface area contributed by atoms with E-state index in [0.717, 1.165) is 28.5 Å². The Morgan fingerprint density at radius 2 is 1.16 bits per heavy atom. The van der Waals surface area contributed by atoms with Crippen LogP contribution in [0.15, 0.2) is 97.1 Å². The van der Waals surface area contributed by atoms with Gasteiger partial charge in [0.1, 0.15) is 0 Å². The minimum atomic E-state index is -1.14. The Morgan fingerprint density at radius 1 is 0.614 bits per heavy atom. The average Bonchev–Trinajstić information content (AvgIpc) is 3.64. The number of aromatic nitrogens is 6. The first-order valence-corrected chi connectivity index (χ1v) is 22.7. The molecule has 2 aliphatic rings. The largest absolute Gasteiger partial charge is 0.478 e. The number of carbonyl (C=O) groups excluding carboxylic acids is 5. The van der Waals surface area contributed by atoms with Crippen LogP contribution in [0, 0.1) is 6.92 Å². The zero-order valence-electron chi connectivity index (χ0n) is 38.3. The number of carbonyl (C=O) groups is 6. The lowest BCUT2D eigenvalue weighted by Crippen LogP contribution is -2.32. The molecule has 8 bridgehead atoms. The van der Waals surface area contributed by atoms with Gasteiger partial charge in [-0.1, -0.05) is 31.7 Å². The summed E-state index contributed by atoms with van der Waals surface area (Å²) >= 11 is 0. The highest BCUT2D eigenvalue weighted by atomic mass is 16.7. The first-order chi connectivity index (χ1) is 33.3. The van der Waals surface area contributed by atoms with E-state index < -0.39 is 23.8 Å². The summed E-state index contributed by atoms with van der Waals surface area (Å²) < 4.78 is 0. The van der Waals surface area contributed by atoms with Gasteiger partial charge in [-0.2, -0.15) is 0 Å². The van der Waals surface area contributed by atoms with Gasteiger partial charge in [0.2, 0.25) is 5.91 Å². The van der Waals surface area contributed by atoms with Crippen LogP contribution in [0.4, 0.5) is 0 Å². The number of amides is 3. The van der Waals surface area contributed by atoms with Crippen molar-refractivity contribution in [2.45, 2.75) is 92.0 Å². The van der Waals surface area contributed by atoms with E-state index in [1.807, 2.05) is 91.7 Å². The molecule has 1 saturated heterocycles. The zero-order valence-corrected chi connectivity index (χ0v) is 38.3. The number of aromatic carboxylic acids is 1. The Hall–Kier alpha value is -7.96. The molecule has 360 valence electrons. The lowest BCUT2D eigenvalue weighted by molar-refractivity contribution is -0.197. The monoisotopic (exact) mass is 946 g/mol. The number of carboxylic acid groups (broad SMARTS) is 1. The number of pyridine rings is 6. The molecule has 3 amide bonds. The third kappa shape index (κ3) is 13.2. The first kappa shape index (κ1) is 49.9. The summed E-state index contributed by atoms with van der Waals surface area (Å²) in [6, 6.07) is 29.5. The number of hydrogen-bond acceptors (Lipinski definition) is 15. The fourth-order valence-corrected chi connectivity index (χ4v) is 8.07. The summed E-state index contributed by atoms with van der Waals surface area (Å²) in [4.78, 5) is 113. The number of fused-ring (bicyclic) bond motifs is 10. The highest BCUT2D eigenvalue weighted by molar-refractivity contribution is 6.01. The van der Waals surface area contributed by atoms with Crippen molar-refractivity contribution in [3.63, 3.8) is 0 Å². The summed E-state index contributed by atoms with van der Waals surface area (Å²) in [5.41, 5.74) is 8.00. The van der Waals surface area contributed by atoms with Crippen LogP contribution in [0.1, 0.15) is 107 Å². The number of nitrogens with one attached hydrogen (secondary N) is 1. The minimum absolute atomic E-state index is 0. The van der Waals surface area contributed by atoms with Crippen LogP contribution in [-0.2, 0) is 56.7 Å². The predicted octanol–water partition coefficient (Wildman–Crippen LogP) is 6.70. The zero-order chi connectivity index (χ0) is 48.4. The molecular weight excluding hydrogens is 893 g/mol. The van der Waals surface area contributed by atoms with Crippen LogP contribution in [0.5, 0.6) is 0 Å². The van der Waals surface area contributed by atoms with Crippen LogP contribution in [0.3, 0.4) is 0 Å². The van der Waals surface area contributed by atoms with Crippen molar-refractivity contribution < 1.29 is 38.7 Å². The third-order valence-corrected chi connectivity index (χ3v) is 11.3. The van der Waals surface area contributed by atoms with E-state index in [2.05, 4.69) is 15.2 Å². The number of Topliss-reactive ketones (excluding diaryl/α,β-unsaturated/α-hetero) is 1. The Labute approximate surface area is 405 Å². The van der Waals surface area contributed by atoms with Crippen molar-refractivity contribution in [3.8, 4) is 34.2 Å². The molecule has 0 unspecified atom stereocenters. The second kappa shape index (κ2) is 22.9. The van der Waals surface area contributed by atoms with Crippen molar-refractivity contribution in [2.75, 3.05) is 13.6 Å². The van der Waals surface area contributed by atoms with Gasteiger partial charge in [0.15, 0.2) is 5.78 Å². The second-order valence-corrected chi connectivity index (χ2v) is 17.1. The maximum atomic E-state index is 14.1. The van der Waals surface area contributed by atoms with Crippen molar-refractivity contribution in [3.05, 3.63) is 142 Å². The Morgan fingerprint density at radius 3 is 1.83 bits per heavy atom. The molecule has 8 heterocycles. The molecule has 1 fully saturated rings. The highest BCUT2D eigenvalue weighted by Crippen LogP contribution is 2.26. The van der Waals surface area contributed by atoms with Crippen molar-refractivity contribution in [2.24, 2.45) is 0 Å². The molecule has 0 spiro atoms. The van der Waals surface area contributed by atoms with Crippen molar-refractivity contribution in [1.29, 1.82) is 0 Å². The van der Waals surface area contributed by atoms with E-state index in [9.17, 15) is 33.9 Å². The number of hydroxylamine groups is 2. The SMILES string of the molecule is C.Cc1cccc(-c2cccc(CN3Cc4cccc(n4)-c4cccc(n4)CN(C)Cc4cc(C(=O)O)cc(n4)-c4cc(C(=O)CCCNC(=O)CCCC(=O)ON5C(=O)CCC5=O)cc(n4)C3)n2)n1.